The third-order valence-corrected chi connectivity index (χ3v) is 3.32. The summed E-state index contributed by atoms with van der Waals surface area (Å²) in [5.74, 6) is 0.359. The molecule has 0 radical (unpaired) electrons. The lowest BCUT2D eigenvalue weighted by molar-refractivity contribution is 0.101. The van der Waals surface area contributed by atoms with Gasteiger partial charge in [0.2, 0.25) is 5.78 Å². The van der Waals surface area contributed by atoms with Crippen LogP contribution >= 0.6 is 11.6 Å². The zero-order chi connectivity index (χ0) is 14.3. The molecule has 0 aromatic heterocycles. The summed E-state index contributed by atoms with van der Waals surface area (Å²) in [5.41, 5.74) is 7.29. The van der Waals surface area contributed by atoms with Crippen LogP contribution in [0.3, 0.4) is 0 Å². The summed E-state index contributed by atoms with van der Waals surface area (Å²) in [5, 5.41) is 9.84. The highest BCUT2D eigenvalue weighted by Crippen LogP contribution is 2.34. The highest BCUT2D eigenvalue weighted by molar-refractivity contribution is 6.33. The Morgan fingerprint density at radius 3 is 2.75 bits per heavy atom. The van der Waals surface area contributed by atoms with Crippen molar-refractivity contribution in [3.05, 3.63) is 58.3 Å². The third kappa shape index (κ3) is 2.10. The summed E-state index contributed by atoms with van der Waals surface area (Å²) in [6.07, 6.45) is 1.59. The van der Waals surface area contributed by atoms with Gasteiger partial charge in [-0.1, -0.05) is 17.7 Å². The largest absolute Gasteiger partial charge is 0.508 e. The fourth-order valence-electron chi connectivity index (χ4n) is 1.98. The van der Waals surface area contributed by atoms with Crippen LogP contribution in [0.5, 0.6) is 11.5 Å². The van der Waals surface area contributed by atoms with E-state index in [1.807, 2.05) is 0 Å². The van der Waals surface area contributed by atoms with Gasteiger partial charge in [0.15, 0.2) is 5.76 Å². The second-order valence-corrected chi connectivity index (χ2v) is 4.81. The molecule has 5 heteroatoms. The molecule has 0 aliphatic carbocycles. The number of rotatable bonds is 1. The number of hydrogen-bond donors (Lipinski definition) is 2. The first-order valence-corrected chi connectivity index (χ1v) is 6.25. The van der Waals surface area contributed by atoms with Crippen LogP contribution in [0.2, 0.25) is 5.02 Å². The molecule has 2 aromatic carbocycles. The van der Waals surface area contributed by atoms with Gasteiger partial charge in [0.25, 0.3) is 0 Å². The maximum atomic E-state index is 12.1. The van der Waals surface area contributed by atoms with Gasteiger partial charge in [0, 0.05) is 6.07 Å². The minimum atomic E-state index is -0.228. The van der Waals surface area contributed by atoms with E-state index in [2.05, 4.69) is 0 Å². The van der Waals surface area contributed by atoms with Gasteiger partial charge in [-0.3, -0.25) is 4.79 Å². The SMILES string of the molecule is Nc1cc(/C=C2\Oc3cc(O)ccc3C2=O)ccc1Cl. The van der Waals surface area contributed by atoms with Crippen molar-refractivity contribution in [1.29, 1.82) is 0 Å². The van der Waals surface area contributed by atoms with E-state index in [1.54, 1.807) is 24.3 Å². The van der Waals surface area contributed by atoms with Gasteiger partial charge in [-0.15, -0.1) is 0 Å². The van der Waals surface area contributed by atoms with Crippen LogP contribution in [0.1, 0.15) is 15.9 Å². The van der Waals surface area contributed by atoms with Crippen LogP contribution in [0.15, 0.2) is 42.2 Å². The van der Waals surface area contributed by atoms with E-state index in [1.165, 1.54) is 18.2 Å². The number of ether oxygens (including phenoxy) is 1. The quantitative estimate of drug-likeness (QED) is 0.624. The number of phenols is 1. The highest BCUT2D eigenvalue weighted by atomic mass is 35.5. The van der Waals surface area contributed by atoms with Gasteiger partial charge in [-0.05, 0) is 35.9 Å². The van der Waals surface area contributed by atoms with Crippen molar-refractivity contribution in [2.45, 2.75) is 0 Å². The Morgan fingerprint density at radius 1 is 1.20 bits per heavy atom. The number of nitrogen functional groups attached to an aromatic ring is 1. The topological polar surface area (TPSA) is 72.6 Å². The normalized spacial score (nSPS) is 15.2. The Labute approximate surface area is 120 Å². The molecule has 0 saturated heterocycles. The number of Topliss-reactive ketones (excluding diaryl/α,β-unsaturated/α-hetero) is 1. The van der Waals surface area contributed by atoms with Crippen LogP contribution in [-0.2, 0) is 0 Å². The molecule has 4 nitrogen and oxygen atoms in total. The lowest BCUT2D eigenvalue weighted by Gasteiger charge is -2.01. The number of fused-ring (bicyclic) bond motifs is 1. The van der Waals surface area contributed by atoms with E-state index in [0.717, 1.165) is 0 Å². The van der Waals surface area contributed by atoms with E-state index in [-0.39, 0.29) is 17.3 Å². The van der Waals surface area contributed by atoms with E-state index in [0.29, 0.717) is 27.6 Å². The summed E-state index contributed by atoms with van der Waals surface area (Å²) < 4.78 is 5.45. The molecule has 2 aromatic rings. The van der Waals surface area contributed by atoms with E-state index < -0.39 is 0 Å². The van der Waals surface area contributed by atoms with Crippen molar-refractivity contribution in [3.63, 3.8) is 0 Å². The predicted octanol–water partition coefficient (Wildman–Crippen LogP) is 3.24. The molecule has 0 saturated carbocycles. The van der Waals surface area contributed by atoms with Gasteiger partial charge >= 0.3 is 0 Å². The van der Waals surface area contributed by atoms with Crippen LogP contribution in [0.25, 0.3) is 6.08 Å². The van der Waals surface area contributed by atoms with Crippen molar-refractivity contribution in [2.24, 2.45) is 0 Å². The minimum Gasteiger partial charge on any atom is -0.508 e. The molecular formula is C15H10ClNO3. The zero-order valence-electron chi connectivity index (χ0n) is 10.3. The smallest absolute Gasteiger partial charge is 0.231 e. The number of benzene rings is 2. The molecule has 3 rings (SSSR count). The van der Waals surface area contributed by atoms with Crippen molar-refractivity contribution in [1.82, 2.24) is 0 Å². The summed E-state index contributed by atoms with van der Waals surface area (Å²) in [7, 11) is 0. The van der Waals surface area contributed by atoms with Gasteiger partial charge in [-0.2, -0.15) is 0 Å². The molecule has 0 atom stereocenters. The summed E-state index contributed by atoms with van der Waals surface area (Å²) >= 11 is 5.84. The number of carbonyl (C=O) groups is 1. The molecule has 20 heavy (non-hydrogen) atoms. The minimum absolute atomic E-state index is 0.0496. The van der Waals surface area contributed by atoms with Gasteiger partial charge < -0.3 is 15.6 Å². The number of allylic oxidation sites excluding steroid dienone is 1. The molecule has 0 unspecified atom stereocenters. The molecule has 100 valence electrons. The third-order valence-electron chi connectivity index (χ3n) is 2.97. The molecule has 1 aliphatic heterocycles. The summed E-state index contributed by atoms with van der Waals surface area (Å²) in [6, 6.07) is 9.44. The zero-order valence-corrected chi connectivity index (χ0v) is 11.0. The molecule has 0 spiro atoms. The van der Waals surface area contributed by atoms with Crippen molar-refractivity contribution in [3.8, 4) is 11.5 Å². The first kappa shape index (κ1) is 12.6. The molecule has 0 amide bonds. The molecule has 3 N–H and O–H groups in total. The standard InChI is InChI=1S/C15H10ClNO3/c16-11-4-1-8(5-12(11)17)6-14-15(19)10-3-2-9(18)7-13(10)20-14/h1-7,18H,17H2/b14-6-. The highest BCUT2D eigenvalue weighted by Gasteiger charge is 2.27. The fraction of sp³-hybridized carbons (Fsp3) is 0. The van der Waals surface area contributed by atoms with E-state index in [4.69, 9.17) is 22.1 Å². The maximum absolute atomic E-state index is 12.1. The van der Waals surface area contributed by atoms with Crippen molar-refractivity contribution < 1.29 is 14.6 Å². The fourth-order valence-corrected chi connectivity index (χ4v) is 2.10. The van der Waals surface area contributed by atoms with Gasteiger partial charge in [0.05, 0.1) is 16.3 Å². The number of hydrogen-bond acceptors (Lipinski definition) is 4. The average Bonchev–Trinajstić information content (AvgIpc) is 2.70. The average molecular weight is 288 g/mol. The number of phenolic OH excluding ortho intramolecular Hbond substituents is 1. The van der Waals surface area contributed by atoms with E-state index >= 15 is 0 Å². The predicted molar refractivity (Wildman–Crippen MR) is 76.9 cm³/mol. The van der Waals surface area contributed by atoms with Crippen LogP contribution in [0, 0.1) is 0 Å². The van der Waals surface area contributed by atoms with Crippen LogP contribution in [0.4, 0.5) is 5.69 Å². The van der Waals surface area contributed by atoms with Crippen molar-refractivity contribution >= 4 is 29.1 Å². The Morgan fingerprint density at radius 2 is 2.00 bits per heavy atom. The van der Waals surface area contributed by atoms with Crippen molar-refractivity contribution in [2.75, 3.05) is 5.73 Å². The number of carbonyl (C=O) groups excluding carboxylic acids is 1. The second-order valence-electron chi connectivity index (χ2n) is 4.40. The lowest BCUT2D eigenvalue weighted by Crippen LogP contribution is -1.98. The molecular weight excluding hydrogens is 278 g/mol. The Hall–Kier alpha value is -2.46. The number of halogens is 1. The monoisotopic (exact) mass is 287 g/mol. The lowest BCUT2D eigenvalue weighted by atomic mass is 10.1. The molecule has 0 fully saturated rings. The first-order chi connectivity index (χ1) is 9.54. The van der Waals surface area contributed by atoms with Crippen LogP contribution in [-0.4, -0.2) is 10.9 Å². The van der Waals surface area contributed by atoms with Crippen LogP contribution < -0.4 is 10.5 Å². The first-order valence-electron chi connectivity index (χ1n) is 5.87. The Bertz CT molecular complexity index is 753. The summed E-state index contributed by atoms with van der Waals surface area (Å²) in [4.78, 5) is 12.1. The Balaban J connectivity index is 1.99. The van der Waals surface area contributed by atoms with Gasteiger partial charge in [0.1, 0.15) is 11.5 Å². The number of nitrogens with two attached hydrogens (primary N) is 1. The summed E-state index contributed by atoms with van der Waals surface area (Å²) in [6.45, 7) is 0. The molecule has 1 aliphatic rings. The molecule has 1 heterocycles. The molecule has 0 bridgehead atoms. The maximum Gasteiger partial charge on any atom is 0.231 e. The van der Waals surface area contributed by atoms with Gasteiger partial charge in [-0.25, -0.2) is 0 Å². The second kappa shape index (κ2) is 4.58. The van der Waals surface area contributed by atoms with E-state index in [9.17, 15) is 9.90 Å². The number of aromatic hydroxyl groups is 1. The number of anilines is 1. The Kier molecular flexibility index (Phi) is 2.88. The number of ketones is 1.